The van der Waals surface area contributed by atoms with Gasteiger partial charge in [-0.3, -0.25) is 0 Å². The third kappa shape index (κ3) is 2.47. The van der Waals surface area contributed by atoms with Crippen molar-refractivity contribution in [1.29, 1.82) is 5.26 Å². The maximum Gasteiger partial charge on any atom is 0.336 e. The van der Waals surface area contributed by atoms with Gasteiger partial charge in [0.05, 0.1) is 0 Å². The highest BCUT2D eigenvalue weighted by Gasteiger charge is 2.08. The van der Waals surface area contributed by atoms with Crippen molar-refractivity contribution < 1.29 is 9.15 Å². The van der Waals surface area contributed by atoms with E-state index in [1.165, 1.54) is 6.07 Å². The van der Waals surface area contributed by atoms with Crippen LogP contribution in [0.15, 0.2) is 51.8 Å². The summed E-state index contributed by atoms with van der Waals surface area (Å²) in [6, 6.07) is 11.9. The Morgan fingerprint density at radius 1 is 1.29 bits per heavy atom. The Labute approximate surface area is 120 Å². The van der Waals surface area contributed by atoms with Crippen molar-refractivity contribution in [3.63, 3.8) is 0 Å². The van der Waals surface area contributed by atoms with E-state index in [-0.39, 0.29) is 5.88 Å². The van der Waals surface area contributed by atoms with Gasteiger partial charge in [-0.15, -0.1) is 0 Å². The highest BCUT2D eigenvalue weighted by Crippen LogP contribution is 2.26. The van der Waals surface area contributed by atoms with Crippen LogP contribution in [0.2, 0.25) is 0 Å². The lowest BCUT2D eigenvalue weighted by atomic mass is 10.1. The molecule has 21 heavy (non-hydrogen) atoms. The summed E-state index contributed by atoms with van der Waals surface area (Å²) >= 11 is 0. The van der Waals surface area contributed by atoms with E-state index in [1.807, 2.05) is 13.0 Å². The van der Waals surface area contributed by atoms with Crippen molar-refractivity contribution in [2.75, 3.05) is 0 Å². The molecule has 0 fully saturated rings. The first-order valence-electron chi connectivity index (χ1n) is 6.25. The van der Waals surface area contributed by atoms with Gasteiger partial charge in [0.1, 0.15) is 23.0 Å². The fraction of sp³-hybridized carbons (Fsp3) is 0.0625. The lowest BCUT2D eigenvalue weighted by Crippen LogP contribution is -1.98. The summed E-state index contributed by atoms with van der Waals surface area (Å²) in [7, 11) is 0. The van der Waals surface area contributed by atoms with Gasteiger partial charge in [-0.25, -0.2) is 9.78 Å². The SMILES string of the molecule is Cc1cc(=O)oc2cc(Oc3ncccc3C#N)ccc12. The van der Waals surface area contributed by atoms with Crippen LogP contribution in [-0.2, 0) is 0 Å². The number of fused-ring (bicyclic) bond motifs is 1. The van der Waals surface area contributed by atoms with E-state index in [1.54, 1.807) is 36.5 Å². The molecule has 0 unspecified atom stereocenters. The molecule has 0 aliphatic carbocycles. The number of benzene rings is 1. The molecule has 0 saturated carbocycles. The number of nitriles is 1. The summed E-state index contributed by atoms with van der Waals surface area (Å²) in [6.45, 7) is 1.84. The van der Waals surface area contributed by atoms with Crippen molar-refractivity contribution in [3.8, 4) is 17.7 Å². The van der Waals surface area contributed by atoms with Gasteiger partial charge in [0.25, 0.3) is 0 Å². The normalized spacial score (nSPS) is 10.3. The van der Waals surface area contributed by atoms with Crippen LogP contribution in [0, 0.1) is 18.3 Å². The summed E-state index contributed by atoms with van der Waals surface area (Å²) in [5.41, 5.74) is 1.20. The van der Waals surface area contributed by atoms with Gasteiger partial charge in [0, 0.05) is 23.7 Å². The standard InChI is InChI=1S/C16H10N2O3/c1-10-7-15(19)21-14-8-12(4-5-13(10)14)20-16-11(9-17)3-2-6-18-16/h2-8H,1H3. The first kappa shape index (κ1) is 12.9. The summed E-state index contributed by atoms with van der Waals surface area (Å²) in [5.74, 6) is 0.667. The molecule has 1 aromatic carbocycles. The second-order valence-electron chi connectivity index (χ2n) is 4.48. The van der Waals surface area contributed by atoms with E-state index in [0.29, 0.717) is 16.9 Å². The molecule has 0 spiro atoms. The number of hydrogen-bond acceptors (Lipinski definition) is 5. The average Bonchev–Trinajstić information content (AvgIpc) is 2.47. The van der Waals surface area contributed by atoms with Crippen LogP contribution in [0.1, 0.15) is 11.1 Å². The largest absolute Gasteiger partial charge is 0.438 e. The van der Waals surface area contributed by atoms with Gasteiger partial charge >= 0.3 is 5.63 Å². The summed E-state index contributed by atoms with van der Waals surface area (Å²) < 4.78 is 10.7. The maximum absolute atomic E-state index is 11.4. The Morgan fingerprint density at radius 3 is 2.95 bits per heavy atom. The van der Waals surface area contributed by atoms with Crippen LogP contribution in [0.4, 0.5) is 0 Å². The van der Waals surface area contributed by atoms with Crippen molar-refractivity contribution >= 4 is 11.0 Å². The molecule has 0 saturated heterocycles. The molecule has 3 rings (SSSR count). The first-order chi connectivity index (χ1) is 10.2. The monoisotopic (exact) mass is 278 g/mol. The van der Waals surface area contributed by atoms with Gasteiger partial charge in [0.2, 0.25) is 5.88 Å². The van der Waals surface area contributed by atoms with E-state index in [9.17, 15) is 4.79 Å². The molecule has 2 aromatic heterocycles. The smallest absolute Gasteiger partial charge is 0.336 e. The summed E-state index contributed by atoms with van der Waals surface area (Å²) in [6.07, 6.45) is 1.54. The predicted octanol–water partition coefficient (Wildman–Crippen LogP) is 3.16. The van der Waals surface area contributed by atoms with Crippen molar-refractivity contribution in [2.24, 2.45) is 0 Å². The molecule has 0 aliphatic rings. The minimum atomic E-state index is -0.410. The van der Waals surface area contributed by atoms with Crippen molar-refractivity contribution in [3.05, 3.63) is 64.1 Å². The highest BCUT2D eigenvalue weighted by atomic mass is 16.5. The molecule has 2 heterocycles. The Bertz CT molecular complexity index is 923. The zero-order valence-corrected chi connectivity index (χ0v) is 11.2. The number of pyridine rings is 1. The Morgan fingerprint density at radius 2 is 2.14 bits per heavy atom. The maximum atomic E-state index is 11.4. The summed E-state index contributed by atoms with van der Waals surface area (Å²) in [4.78, 5) is 15.4. The number of aryl methyl sites for hydroxylation is 1. The van der Waals surface area contributed by atoms with Crippen LogP contribution in [-0.4, -0.2) is 4.98 Å². The van der Waals surface area contributed by atoms with Crippen LogP contribution in [0.25, 0.3) is 11.0 Å². The molecule has 3 aromatic rings. The molecule has 0 amide bonds. The topological polar surface area (TPSA) is 76.1 Å². The number of ether oxygens (including phenoxy) is 1. The molecular weight excluding hydrogens is 268 g/mol. The van der Waals surface area contributed by atoms with Crippen LogP contribution < -0.4 is 10.4 Å². The van der Waals surface area contributed by atoms with Crippen molar-refractivity contribution in [1.82, 2.24) is 4.98 Å². The molecule has 5 heteroatoms. The highest BCUT2D eigenvalue weighted by molar-refractivity contribution is 5.81. The van der Waals surface area contributed by atoms with E-state index in [0.717, 1.165) is 10.9 Å². The Balaban J connectivity index is 2.06. The van der Waals surface area contributed by atoms with Crippen LogP contribution >= 0.6 is 0 Å². The fourth-order valence-electron chi connectivity index (χ4n) is 2.04. The molecule has 0 atom stereocenters. The third-order valence-corrected chi connectivity index (χ3v) is 3.03. The van der Waals surface area contributed by atoms with E-state index >= 15 is 0 Å². The molecule has 0 bridgehead atoms. The Hall–Kier alpha value is -3.13. The summed E-state index contributed by atoms with van der Waals surface area (Å²) in [5, 5.41) is 9.85. The molecule has 0 aliphatic heterocycles. The first-order valence-corrected chi connectivity index (χ1v) is 6.25. The molecule has 0 N–H and O–H groups in total. The zero-order chi connectivity index (χ0) is 14.8. The Kier molecular flexibility index (Phi) is 3.13. The van der Waals surface area contributed by atoms with Gasteiger partial charge in [-0.1, -0.05) is 0 Å². The third-order valence-electron chi connectivity index (χ3n) is 3.03. The molecule has 5 nitrogen and oxygen atoms in total. The zero-order valence-electron chi connectivity index (χ0n) is 11.2. The average molecular weight is 278 g/mol. The lowest BCUT2D eigenvalue weighted by Gasteiger charge is -2.07. The number of aromatic nitrogens is 1. The van der Waals surface area contributed by atoms with Crippen LogP contribution in [0.3, 0.4) is 0 Å². The van der Waals surface area contributed by atoms with Gasteiger partial charge < -0.3 is 9.15 Å². The number of nitrogens with zero attached hydrogens (tertiary/aromatic N) is 2. The van der Waals surface area contributed by atoms with Crippen LogP contribution in [0.5, 0.6) is 11.6 Å². The van der Waals surface area contributed by atoms with Gasteiger partial charge in [-0.2, -0.15) is 5.26 Å². The number of rotatable bonds is 2. The second-order valence-corrected chi connectivity index (χ2v) is 4.48. The second kappa shape index (κ2) is 5.10. The molecule has 102 valence electrons. The number of hydrogen-bond donors (Lipinski definition) is 0. The van der Waals surface area contributed by atoms with Gasteiger partial charge in [0.15, 0.2) is 0 Å². The molecular formula is C16H10N2O3. The minimum Gasteiger partial charge on any atom is -0.438 e. The van der Waals surface area contributed by atoms with E-state index in [4.69, 9.17) is 14.4 Å². The minimum absolute atomic E-state index is 0.217. The predicted molar refractivity (Wildman–Crippen MR) is 76.2 cm³/mol. The quantitative estimate of drug-likeness (QED) is 0.673. The lowest BCUT2D eigenvalue weighted by molar-refractivity contribution is 0.459. The van der Waals surface area contributed by atoms with Crippen molar-refractivity contribution in [2.45, 2.75) is 6.92 Å². The van der Waals surface area contributed by atoms with Gasteiger partial charge in [-0.05, 0) is 36.8 Å². The fourth-order valence-corrected chi connectivity index (χ4v) is 2.04. The van der Waals surface area contributed by atoms with E-state index in [2.05, 4.69) is 4.98 Å². The van der Waals surface area contributed by atoms with E-state index < -0.39 is 5.63 Å². The molecule has 0 radical (unpaired) electrons.